The normalized spacial score (nSPS) is 10.5. The van der Waals surface area contributed by atoms with Crippen LogP contribution in [0.3, 0.4) is 0 Å². The summed E-state index contributed by atoms with van der Waals surface area (Å²) >= 11 is 1.67. The Hall–Kier alpha value is 0.270. The first-order chi connectivity index (χ1) is 3.85. The van der Waals surface area contributed by atoms with E-state index in [2.05, 4.69) is 11.2 Å². The van der Waals surface area contributed by atoms with E-state index in [0.717, 1.165) is 13.1 Å². The predicted molar refractivity (Wildman–Crippen MR) is 37.8 cm³/mol. The molecule has 0 aromatic carbocycles. The Morgan fingerprint density at radius 3 is 2.38 bits per heavy atom. The number of hydrogen-bond donors (Lipinski definition) is 1. The molecule has 0 aromatic heterocycles. The van der Waals surface area contributed by atoms with Gasteiger partial charge in [-0.3, -0.25) is 0 Å². The molecule has 0 aliphatic carbocycles. The molecular formula is C5H13NOS. The molecule has 0 rings (SSSR count). The number of aliphatic hydroxyl groups is 1. The summed E-state index contributed by atoms with van der Waals surface area (Å²) in [5.41, 5.74) is 0. The zero-order chi connectivity index (χ0) is 6.41. The van der Waals surface area contributed by atoms with E-state index in [1.165, 1.54) is 0 Å². The van der Waals surface area contributed by atoms with Crippen LogP contribution in [0.5, 0.6) is 0 Å². The maximum atomic E-state index is 8.44. The lowest BCUT2D eigenvalue weighted by Crippen LogP contribution is -2.18. The largest absolute Gasteiger partial charge is 0.395 e. The zero-order valence-corrected chi connectivity index (χ0v) is 6.24. The topological polar surface area (TPSA) is 23.5 Å². The second-order valence-electron chi connectivity index (χ2n) is 1.43. The summed E-state index contributed by atoms with van der Waals surface area (Å²) in [5, 5.41) is 8.44. The van der Waals surface area contributed by atoms with E-state index in [1.54, 1.807) is 11.9 Å². The third-order valence-electron chi connectivity index (χ3n) is 0.960. The van der Waals surface area contributed by atoms with Crippen LogP contribution in [0.15, 0.2) is 0 Å². The molecule has 2 nitrogen and oxygen atoms in total. The second kappa shape index (κ2) is 5.41. The average Bonchev–Trinajstić information content (AvgIpc) is 1.83. The first-order valence-electron chi connectivity index (χ1n) is 2.75. The molecule has 0 saturated heterocycles. The lowest BCUT2D eigenvalue weighted by molar-refractivity contribution is 0.265. The number of aliphatic hydroxyl groups excluding tert-OH is 1. The van der Waals surface area contributed by atoms with Gasteiger partial charge in [0.05, 0.1) is 6.61 Å². The fourth-order valence-electron chi connectivity index (χ4n) is 0.490. The van der Waals surface area contributed by atoms with Crippen LogP contribution in [0.25, 0.3) is 0 Å². The third kappa shape index (κ3) is 3.29. The van der Waals surface area contributed by atoms with Crippen LogP contribution in [0.4, 0.5) is 0 Å². The highest BCUT2D eigenvalue weighted by atomic mass is 32.2. The van der Waals surface area contributed by atoms with Gasteiger partial charge in [0.25, 0.3) is 0 Å². The standard InChI is InChI=1S/C5H13NOS/c1-3-6(8-2)4-5-7/h7H,3-5H2,1-2H3. The lowest BCUT2D eigenvalue weighted by Gasteiger charge is -2.13. The highest BCUT2D eigenvalue weighted by molar-refractivity contribution is 7.96. The van der Waals surface area contributed by atoms with Gasteiger partial charge in [-0.05, 0) is 6.26 Å². The first-order valence-corrected chi connectivity index (χ1v) is 3.93. The molecule has 0 fully saturated rings. The summed E-state index contributed by atoms with van der Waals surface area (Å²) < 4.78 is 2.10. The fourth-order valence-corrected chi connectivity index (χ4v) is 1.01. The molecule has 0 spiro atoms. The molecule has 0 unspecified atom stereocenters. The van der Waals surface area contributed by atoms with Crippen LogP contribution in [-0.2, 0) is 0 Å². The molecule has 0 heterocycles. The molecule has 0 amide bonds. The third-order valence-corrected chi connectivity index (χ3v) is 1.92. The number of rotatable bonds is 4. The molecular weight excluding hydrogens is 122 g/mol. The Labute approximate surface area is 55.0 Å². The first kappa shape index (κ1) is 8.27. The van der Waals surface area contributed by atoms with E-state index in [9.17, 15) is 0 Å². The van der Waals surface area contributed by atoms with Crippen molar-refractivity contribution in [2.24, 2.45) is 0 Å². The smallest absolute Gasteiger partial charge is 0.0567 e. The van der Waals surface area contributed by atoms with Crippen molar-refractivity contribution >= 4 is 11.9 Å². The molecule has 0 aliphatic heterocycles. The SMILES string of the molecule is CCN(CCO)SC. The van der Waals surface area contributed by atoms with Gasteiger partial charge >= 0.3 is 0 Å². The van der Waals surface area contributed by atoms with Crippen LogP contribution >= 0.6 is 11.9 Å². The van der Waals surface area contributed by atoms with Gasteiger partial charge in [-0.1, -0.05) is 18.9 Å². The predicted octanol–water partition coefficient (Wildman–Crippen LogP) is 0.579. The van der Waals surface area contributed by atoms with Gasteiger partial charge in [0.15, 0.2) is 0 Å². The maximum absolute atomic E-state index is 8.44. The van der Waals surface area contributed by atoms with Crippen LogP contribution in [-0.4, -0.2) is 35.4 Å². The Balaban J connectivity index is 3.07. The van der Waals surface area contributed by atoms with Crippen LogP contribution in [0, 0.1) is 0 Å². The van der Waals surface area contributed by atoms with Crippen LogP contribution < -0.4 is 0 Å². The minimum atomic E-state index is 0.259. The van der Waals surface area contributed by atoms with Crippen LogP contribution in [0.1, 0.15) is 6.92 Å². The van der Waals surface area contributed by atoms with Crippen molar-refractivity contribution in [3.05, 3.63) is 0 Å². The van der Waals surface area contributed by atoms with E-state index in [4.69, 9.17) is 5.11 Å². The summed E-state index contributed by atoms with van der Waals surface area (Å²) in [6, 6.07) is 0. The zero-order valence-electron chi connectivity index (χ0n) is 5.42. The summed E-state index contributed by atoms with van der Waals surface area (Å²) in [7, 11) is 0. The number of likely N-dealkylation sites (N-methyl/N-ethyl adjacent to an activating group) is 1. The summed E-state index contributed by atoms with van der Waals surface area (Å²) in [6.07, 6.45) is 2.01. The molecule has 50 valence electrons. The maximum Gasteiger partial charge on any atom is 0.0567 e. The van der Waals surface area contributed by atoms with Gasteiger partial charge in [-0.2, -0.15) is 0 Å². The fraction of sp³-hybridized carbons (Fsp3) is 1.00. The van der Waals surface area contributed by atoms with E-state index >= 15 is 0 Å². The molecule has 0 bridgehead atoms. The molecule has 3 heteroatoms. The highest BCUT2D eigenvalue weighted by Gasteiger charge is 1.94. The van der Waals surface area contributed by atoms with Crippen molar-refractivity contribution in [2.75, 3.05) is 26.0 Å². The van der Waals surface area contributed by atoms with Gasteiger partial charge in [0.1, 0.15) is 0 Å². The average molecular weight is 135 g/mol. The minimum Gasteiger partial charge on any atom is -0.395 e. The molecule has 8 heavy (non-hydrogen) atoms. The summed E-state index contributed by atoms with van der Waals surface area (Å²) in [5.74, 6) is 0. The summed E-state index contributed by atoms with van der Waals surface area (Å²) in [6.45, 7) is 4.11. The van der Waals surface area contributed by atoms with Crippen molar-refractivity contribution in [1.29, 1.82) is 0 Å². The molecule has 0 aliphatic rings. The molecule has 0 saturated carbocycles. The van der Waals surface area contributed by atoms with Gasteiger partial charge in [-0.25, -0.2) is 4.31 Å². The summed E-state index contributed by atoms with van der Waals surface area (Å²) in [4.78, 5) is 0. The Morgan fingerprint density at radius 1 is 1.62 bits per heavy atom. The molecule has 0 aromatic rings. The van der Waals surface area contributed by atoms with Crippen molar-refractivity contribution < 1.29 is 5.11 Å². The van der Waals surface area contributed by atoms with Gasteiger partial charge in [0, 0.05) is 13.1 Å². The molecule has 0 atom stereocenters. The molecule has 1 N–H and O–H groups in total. The van der Waals surface area contributed by atoms with E-state index in [-0.39, 0.29) is 6.61 Å². The Kier molecular flexibility index (Phi) is 5.59. The van der Waals surface area contributed by atoms with Crippen molar-refractivity contribution in [3.8, 4) is 0 Å². The van der Waals surface area contributed by atoms with E-state index in [1.807, 2.05) is 6.26 Å². The lowest BCUT2D eigenvalue weighted by atomic mass is 10.6. The van der Waals surface area contributed by atoms with Crippen molar-refractivity contribution in [2.45, 2.75) is 6.92 Å². The van der Waals surface area contributed by atoms with E-state index in [0.29, 0.717) is 0 Å². The second-order valence-corrected chi connectivity index (χ2v) is 2.31. The minimum absolute atomic E-state index is 0.259. The van der Waals surface area contributed by atoms with Gasteiger partial charge in [-0.15, -0.1) is 0 Å². The quantitative estimate of drug-likeness (QED) is 0.570. The molecule has 0 radical (unpaired) electrons. The monoisotopic (exact) mass is 135 g/mol. The number of nitrogens with zero attached hydrogens (tertiary/aromatic N) is 1. The highest BCUT2D eigenvalue weighted by Crippen LogP contribution is 2.01. The van der Waals surface area contributed by atoms with Gasteiger partial charge < -0.3 is 5.11 Å². The Bertz CT molecular complexity index is 47.7. The van der Waals surface area contributed by atoms with Gasteiger partial charge in [0.2, 0.25) is 0 Å². The Morgan fingerprint density at radius 2 is 2.25 bits per heavy atom. The van der Waals surface area contributed by atoms with Crippen molar-refractivity contribution in [3.63, 3.8) is 0 Å². The van der Waals surface area contributed by atoms with Crippen LogP contribution in [0.2, 0.25) is 0 Å². The van der Waals surface area contributed by atoms with Crippen molar-refractivity contribution in [1.82, 2.24) is 4.31 Å². The number of hydrogen-bond acceptors (Lipinski definition) is 3. The van der Waals surface area contributed by atoms with E-state index < -0.39 is 0 Å².